The number of benzene rings is 1. The number of ether oxygens (including phenoxy) is 1. The average Bonchev–Trinajstić information content (AvgIpc) is 3.16. The van der Waals surface area contributed by atoms with Gasteiger partial charge in [0.15, 0.2) is 0 Å². The third kappa shape index (κ3) is 3.31. The Morgan fingerprint density at radius 1 is 1.38 bits per heavy atom. The zero-order valence-electron chi connectivity index (χ0n) is 14.5. The van der Waals surface area contributed by atoms with Gasteiger partial charge in [0.1, 0.15) is 5.75 Å². The molecule has 0 unspecified atom stereocenters. The predicted molar refractivity (Wildman–Crippen MR) is 97.7 cm³/mol. The second-order valence-electron chi connectivity index (χ2n) is 6.11. The fourth-order valence-corrected chi connectivity index (χ4v) is 2.98. The van der Waals surface area contributed by atoms with Crippen LogP contribution in [0.2, 0.25) is 0 Å². The van der Waals surface area contributed by atoms with Gasteiger partial charge in [0, 0.05) is 36.5 Å². The van der Waals surface area contributed by atoms with Crippen molar-refractivity contribution in [3.8, 4) is 11.4 Å². The molecule has 4 rings (SSSR count). The van der Waals surface area contributed by atoms with Crippen LogP contribution in [0.5, 0.6) is 5.75 Å². The van der Waals surface area contributed by atoms with Gasteiger partial charge in [-0.25, -0.2) is 9.67 Å². The molecular formula is C18H20N6O2. The predicted octanol–water partition coefficient (Wildman–Crippen LogP) is 1.22. The maximum absolute atomic E-state index is 12.2. The standard InChI is InChI=1S/C18H20N6O2/c1-26-14-4-2-3-13(7-14)24-11-12(9-21-24)8-20-18-22-16-10-19-6-5-15(16)17(25)23-18/h2-4,7,9,11,19H,5-6,8,10H2,1H3,(H2,20,22,23,25). The van der Waals surface area contributed by atoms with Crippen LogP contribution in [0.1, 0.15) is 16.8 Å². The Bertz CT molecular complexity index is 978. The first-order valence-electron chi connectivity index (χ1n) is 8.47. The number of aromatic amines is 1. The van der Waals surface area contributed by atoms with Crippen LogP contribution in [0.3, 0.4) is 0 Å². The van der Waals surface area contributed by atoms with Gasteiger partial charge < -0.3 is 15.4 Å². The fourth-order valence-electron chi connectivity index (χ4n) is 2.98. The summed E-state index contributed by atoms with van der Waals surface area (Å²) in [5, 5.41) is 10.8. The van der Waals surface area contributed by atoms with Crippen LogP contribution in [0.15, 0.2) is 41.5 Å². The summed E-state index contributed by atoms with van der Waals surface area (Å²) in [5.41, 5.74) is 3.43. The molecule has 0 amide bonds. The molecule has 0 saturated carbocycles. The molecular weight excluding hydrogens is 332 g/mol. The molecule has 3 N–H and O–H groups in total. The van der Waals surface area contributed by atoms with Crippen molar-refractivity contribution in [2.45, 2.75) is 19.5 Å². The molecule has 1 aliphatic rings. The average molecular weight is 352 g/mol. The van der Waals surface area contributed by atoms with Crippen molar-refractivity contribution in [2.24, 2.45) is 0 Å². The number of anilines is 1. The summed E-state index contributed by atoms with van der Waals surface area (Å²) in [6.45, 7) is 1.95. The SMILES string of the molecule is COc1cccc(-n2cc(CNc3nc4c(c(=O)[nH]3)CCNC4)cn2)c1. The Balaban J connectivity index is 1.48. The Morgan fingerprint density at radius 2 is 2.31 bits per heavy atom. The second kappa shape index (κ2) is 7.01. The molecule has 0 radical (unpaired) electrons. The molecule has 0 saturated heterocycles. The molecule has 8 heteroatoms. The topological polar surface area (TPSA) is 96.9 Å². The van der Waals surface area contributed by atoms with Crippen LogP contribution in [-0.2, 0) is 19.5 Å². The number of fused-ring (bicyclic) bond motifs is 1. The Morgan fingerprint density at radius 3 is 3.19 bits per heavy atom. The quantitative estimate of drug-likeness (QED) is 0.639. The van der Waals surface area contributed by atoms with Crippen LogP contribution in [-0.4, -0.2) is 33.4 Å². The first kappa shape index (κ1) is 16.3. The number of nitrogens with zero attached hydrogens (tertiary/aromatic N) is 3. The number of H-pyrrole nitrogens is 1. The van der Waals surface area contributed by atoms with Crippen molar-refractivity contribution in [2.75, 3.05) is 19.0 Å². The summed E-state index contributed by atoms with van der Waals surface area (Å²) in [5.74, 6) is 1.26. The van der Waals surface area contributed by atoms with E-state index in [0.717, 1.165) is 34.8 Å². The molecule has 3 heterocycles. The van der Waals surface area contributed by atoms with Crippen LogP contribution in [0.25, 0.3) is 5.69 Å². The highest BCUT2D eigenvalue weighted by molar-refractivity contribution is 5.39. The number of nitrogens with one attached hydrogen (secondary N) is 3. The lowest BCUT2D eigenvalue weighted by Gasteiger charge is -2.16. The van der Waals surface area contributed by atoms with Crippen LogP contribution in [0, 0.1) is 0 Å². The summed E-state index contributed by atoms with van der Waals surface area (Å²) >= 11 is 0. The molecule has 3 aromatic rings. The van der Waals surface area contributed by atoms with Crippen molar-refractivity contribution >= 4 is 5.95 Å². The van der Waals surface area contributed by atoms with Gasteiger partial charge in [-0.3, -0.25) is 9.78 Å². The lowest BCUT2D eigenvalue weighted by molar-refractivity contribution is 0.414. The highest BCUT2D eigenvalue weighted by atomic mass is 16.5. The minimum absolute atomic E-state index is 0.0638. The lowest BCUT2D eigenvalue weighted by Crippen LogP contribution is -2.31. The van der Waals surface area contributed by atoms with E-state index in [1.807, 2.05) is 30.5 Å². The molecule has 2 aromatic heterocycles. The maximum Gasteiger partial charge on any atom is 0.255 e. The molecule has 134 valence electrons. The van der Waals surface area contributed by atoms with Gasteiger partial charge in [-0.15, -0.1) is 0 Å². The summed E-state index contributed by atoms with van der Waals surface area (Å²) in [4.78, 5) is 19.5. The summed E-state index contributed by atoms with van der Waals surface area (Å²) in [6, 6.07) is 7.69. The monoisotopic (exact) mass is 352 g/mol. The van der Waals surface area contributed by atoms with Crippen LogP contribution in [0.4, 0.5) is 5.95 Å². The van der Waals surface area contributed by atoms with Gasteiger partial charge in [-0.1, -0.05) is 6.07 Å². The van der Waals surface area contributed by atoms with Crippen molar-refractivity contribution in [3.05, 3.63) is 63.8 Å². The van der Waals surface area contributed by atoms with Gasteiger partial charge in [0.2, 0.25) is 5.95 Å². The van der Waals surface area contributed by atoms with Gasteiger partial charge in [-0.2, -0.15) is 5.10 Å². The number of rotatable bonds is 5. The highest BCUT2D eigenvalue weighted by Gasteiger charge is 2.15. The van der Waals surface area contributed by atoms with E-state index in [4.69, 9.17) is 4.74 Å². The van der Waals surface area contributed by atoms with E-state index in [1.165, 1.54) is 0 Å². The molecule has 0 aliphatic carbocycles. The first-order valence-corrected chi connectivity index (χ1v) is 8.47. The van der Waals surface area contributed by atoms with E-state index in [1.54, 1.807) is 18.0 Å². The Hall–Kier alpha value is -3.13. The van der Waals surface area contributed by atoms with Crippen LogP contribution >= 0.6 is 0 Å². The largest absolute Gasteiger partial charge is 0.497 e. The molecule has 26 heavy (non-hydrogen) atoms. The molecule has 0 fully saturated rings. The Labute approximate surface area is 150 Å². The zero-order valence-corrected chi connectivity index (χ0v) is 14.5. The summed E-state index contributed by atoms with van der Waals surface area (Å²) in [7, 11) is 1.64. The lowest BCUT2D eigenvalue weighted by atomic mass is 10.1. The third-order valence-electron chi connectivity index (χ3n) is 4.36. The van der Waals surface area contributed by atoms with Gasteiger partial charge >= 0.3 is 0 Å². The normalized spacial score (nSPS) is 13.3. The summed E-state index contributed by atoms with van der Waals surface area (Å²) < 4.78 is 7.03. The fraction of sp³-hybridized carbons (Fsp3) is 0.278. The zero-order chi connectivity index (χ0) is 17.9. The van der Waals surface area contributed by atoms with E-state index in [-0.39, 0.29) is 5.56 Å². The molecule has 0 spiro atoms. The molecule has 0 atom stereocenters. The minimum atomic E-state index is -0.0638. The third-order valence-corrected chi connectivity index (χ3v) is 4.36. The van der Waals surface area contributed by atoms with E-state index in [9.17, 15) is 4.79 Å². The molecule has 1 aliphatic heterocycles. The van der Waals surface area contributed by atoms with Crippen molar-refractivity contribution in [3.63, 3.8) is 0 Å². The van der Waals surface area contributed by atoms with Crippen molar-refractivity contribution < 1.29 is 4.74 Å². The first-order chi connectivity index (χ1) is 12.7. The van der Waals surface area contributed by atoms with E-state index in [0.29, 0.717) is 25.5 Å². The van der Waals surface area contributed by atoms with E-state index >= 15 is 0 Å². The highest BCUT2D eigenvalue weighted by Crippen LogP contribution is 2.16. The summed E-state index contributed by atoms with van der Waals surface area (Å²) in [6.07, 6.45) is 4.43. The maximum atomic E-state index is 12.2. The number of hydrogen-bond acceptors (Lipinski definition) is 6. The van der Waals surface area contributed by atoms with Gasteiger partial charge in [-0.05, 0) is 25.1 Å². The second-order valence-corrected chi connectivity index (χ2v) is 6.11. The molecule has 0 bridgehead atoms. The Kier molecular flexibility index (Phi) is 4.40. The number of methoxy groups -OCH3 is 1. The van der Waals surface area contributed by atoms with Crippen molar-refractivity contribution in [1.29, 1.82) is 0 Å². The van der Waals surface area contributed by atoms with Gasteiger partial charge in [0.05, 0.1) is 24.7 Å². The van der Waals surface area contributed by atoms with Crippen LogP contribution < -0.4 is 20.9 Å². The molecule has 8 nitrogen and oxygen atoms in total. The smallest absolute Gasteiger partial charge is 0.255 e. The van der Waals surface area contributed by atoms with E-state index in [2.05, 4.69) is 25.7 Å². The minimum Gasteiger partial charge on any atom is -0.497 e. The number of aromatic nitrogens is 4. The van der Waals surface area contributed by atoms with E-state index < -0.39 is 0 Å². The molecule has 1 aromatic carbocycles. The van der Waals surface area contributed by atoms with Crippen molar-refractivity contribution in [1.82, 2.24) is 25.1 Å². The number of hydrogen-bond donors (Lipinski definition) is 3. The van der Waals surface area contributed by atoms with Gasteiger partial charge in [0.25, 0.3) is 5.56 Å².